The van der Waals surface area contributed by atoms with E-state index < -0.39 is 0 Å². The highest BCUT2D eigenvalue weighted by atomic mass is 16.5. The number of nitrogens with zero attached hydrogens (tertiary/aromatic N) is 2. The van der Waals surface area contributed by atoms with Crippen molar-refractivity contribution in [2.24, 2.45) is 0 Å². The summed E-state index contributed by atoms with van der Waals surface area (Å²) in [4.78, 5) is 17.0. The maximum Gasteiger partial charge on any atom is 0.335 e. The number of hydrogen-bond donors (Lipinski definition) is 0. The molecule has 0 radical (unpaired) electrons. The quantitative estimate of drug-likeness (QED) is 0.726. The fourth-order valence-corrected chi connectivity index (χ4v) is 3.48. The Labute approximate surface area is 162 Å². The molecule has 4 nitrogen and oxygen atoms in total. The highest BCUT2D eigenvalue weighted by molar-refractivity contribution is 5.98. The summed E-state index contributed by atoms with van der Waals surface area (Å²) in [5.41, 5.74) is 5.43. The molecular weight excluding hydrogens is 336 g/mol. The second-order valence-corrected chi connectivity index (χ2v) is 7.07. The summed E-state index contributed by atoms with van der Waals surface area (Å²) < 4.78 is 5.36. The van der Waals surface area contributed by atoms with Crippen LogP contribution in [0.5, 0.6) is 0 Å². The number of hydrogen-bond acceptors (Lipinski definition) is 4. The molecule has 4 heteroatoms. The standard InChI is InChI=1S/C23H28N2O2/c1-4-27-23(26)22-17-25(16-18-8-6-5-7-9-18)15-14-21(22)19-10-12-20(13-11-19)24(2)3/h5-13H,4,14-17H2,1-3H3. The monoisotopic (exact) mass is 364 g/mol. The van der Waals surface area contributed by atoms with Crippen LogP contribution >= 0.6 is 0 Å². The Morgan fingerprint density at radius 3 is 2.41 bits per heavy atom. The van der Waals surface area contributed by atoms with Crippen LogP contribution in [-0.2, 0) is 16.1 Å². The molecule has 1 aliphatic heterocycles. The Hall–Kier alpha value is -2.59. The van der Waals surface area contributed by atoms with Crippen molar-refractivity contribution in [1.82, 2.24) is 4.90 Å². The molecule has 2 aromatic rings. The van der Waals surface area contributed by atoms with Gasteiger partial charge in [-0.25, -0.2) is 4.79 Å². The Kier molecular flexibility index (Phi) is 6.30. The summed E-state index contributed by atoms with van der Waals surface area (Å²) in [5.74, 6) is -0.193. The second-order valence-electron chi connectivity index (χ2n) is 7.07. The lowest BCUT2D eigenvalue weighted by Gasteiger charge is -2.30. The van der Waals surface area contributed by atoms with Crippen LogP contribution in [0.2, 0.25) is 0 Å². The maximum atomic E-state index is 12.6. The zero-order chi connectivity index (χ0) is 19.2. The van der Waals surface area contributed by atoms with E-state index in [1.54, 1.807) is 0 Å². The number of anilines is 1. The Morgan fingerprint density at radius 2 is 1.78 bits per heavy atom. The van der Waals surface area contributed by atoms with Gasteiger partial charge in [-0.05, 0) is 42.2 Å². The second kappa shape index (κ2) is 8.87. The van der Waals surface area contributed by atoms with Crippen LogP contribution in [0, 0.1) is 0 Å². The average Bonchev–Trinajstić information content (AvgIpc) is 2.69. The largest absolute Gasteiger partial charge is 0.463 e. The van der Waals surface area contributed by atoms with Gasteiger partial charge in [-0.15, -0.1) is 0 Å². The lowest BCUT2D eigenvalue weighted by atomic mass is 9.93. The van der Waals surface area contributed by atoms with Gasteiger partial charge in [0.1, 0.15) is 0 Å². The van der Waals surface area contributed by atoms with E-state index in [0.717, 1.165) is 41.9 Å². The molecule has 0 saturated heterocycles. The zero-order valence-corrected chi connectivity index (χ0v) is 16.4. The normalized spacial score (nSPS) is 14.9. The number of ether oxygens (including phenoxy) is 1. The van der Waals surface area contributed by atoms with Gasteiger partial charge in [0.25, 0.3) is 0 Å². The Bertz CT molecular complexity index is 795. The Morgan fingerprint density at radius 1 is 1.07 bits per heavy atom. The molecule has 1 heterocycles. The predicted octanol–water partition coefficient (Wildman–Crippen LogP) is 3.98. The lowest BCUT2D eigenvalue weighted by molar-refractivity contribution is -0.138. The van der Waals surface area contributed by atoms with Crippen LogP contribution in [-0.4, -0.2) is 44.7 Å². The molecule has 0 spiro atoms. The minimum Gasteiger partial charge on any atom is -0.463 e. The summed E-state index contributed by atoms with van der Waals surface area (Å²) >= 11 is 0. The van der Waals surface area contributed by atoms with Gasteiger partial charge in [-0.1, -0.05) is 42.5 Å². The average molecular weight is 364 g/mol. The van der Waals surface area contributed by atoms with Crippen LogP contribution in [0.25, 0.3) is 5.57 Å². The minimum absolute atomic E-state index is 0.193. The molecule has 0 saturated carbocycles. The lowest BCUT2D eigenvalue weighted by Crippen LogP contribution is -2.34. The van der Waals surface area contributed by atoms with Crippen LogP contribution in [0.1, 0.15) is 24.5 Å². The van der Waals surface area contributed by atoms with Gasteiger partial charge in [-0.3, -0.25) is 4.90 Å². The number of carbonyl (C=O) groups excluding carboxylic acids is 1. The van der Waals surface area contributed by atoms with Crippen molar-refractivity contribution in [3.63, 3.8) is 0 Å². The molecule has 3 rings (SSSR count). The van der Waals surface area contributed by atoms with Crippen LogP contribution in [0.4, 0.5) is 5.69 Å². The summed E-state index contributed by atoms with van der Waals surface area (Å²) in [6.45, 7) is 4.65. The van der Waals surface area contributed by atoms with Gasteiger partial charge in [0.15, 0.2) is 0 Å². The van der Waals surface area contributed by atoms with Gasteiger partial charge < -0.3 is 9.64 Å². The van der Waals surface area contributed by atoms with Crippen LogP contribution in [0.15, 0.2) is 60.2 Å². The first kappa shape index (κ1) is 19.2. The fraction of sp³-hybridized carbons (Fsp3) is 0.348. The van der Waals surface area contributed by atoms with E-state index in [1.165, 1.54) is 5.56 Å². The third-order valence-electron chi connectivity index (χ3n) is 4.93. The predicted molar refractivity (Wildman–Crippen MR) is 111 cm³/mol. The molecule has 1 aliphatic rings. The van der Waals surface area contributed by atoms with Crippen molar-refractivity contribution in [3.05, 3.63) is 71.3 Å². The molecule has 0 N–H and O–H groups in total. The van der Waals surface area contributed by atoms with Crippen molar-refractivity contribution in [2.45, 2.75) is 19.9 Å². The molecule has 0 atom stereocenters. The summed E-state index contributed by atoms with van der Waals surface area (Å²) in [5, 5.41) is 0. The van der Waals surface area contributed by atoms with E-state index >= 15 is 0 Å². The van der Waals surface area contributed by atoms with E-state index in [2.05, 4.69) is 58.3 Å². The maximum absolute atomic E-state index is 12.6. The first-order valence-electron chi connectivity index (χ1n) is 9.51. The highest BCUT2D eigenvalue weighted by Crippen LogP contribution is 2.30. The van der Waals surface area contributed by atoms with Crippen molar-refractivity contribution >= 4 is 17.2 Å². The first-order valence-corrected chi connectivity index (χ1v) is 9.51. The molecular formula is C23H28N2O2. The minimum atomic E-state index is -0.193. The van der Waals surface area contributed by atoms with Crippen LogP contribution < -0.4 is 4.90 Å². The molecule has 0 aliphatic carbocycles. The van der Waals surface area contributed by atoms with E-state index in [0.29, 0.717) is 13.2 Å². The summed E-state index contributed by atoms with van der Waals surface area (Å²) in [6.07, 6.45) is 0.849. The number of esters is 1. The zero-order valence-electron chi connectivity index (χ0n) is 16.4. The summed E-state index contributed by atoms with van der Waals surface area (Å²) in [6, 6.07) is 18.8. The van der Waals surface area contributed by atoms with Crippen molar-refractivity contribution < 1.29 is 9.53 Å². The van der Waals surface area contributed by atoms with Crippen molar-refractivity contribution in [3.8, 4) is 0 Å². The molecule has 142 valence electrons. The number of carbonyl (C=O) groups is 1. The van der Waals surface area contributed by atoms with E-state index in [4.69, 9.17) is 4.74 Å². The van der Waals surface area contributed by atoms with E-state index in [1.807, 2.05) is 27.1 Å². The van der Waals surface area contributed by atoms with Gasteiger partial charge in [0.05, 0.1) is 12.2 Å². The molecule has 0 fully saturated rings. The number of rotatable bonds is 6. The summed E-state index contributed by atoms with van der Waals surface area (Å²) in [7, 11) is 4.06. The molecule has 0 amide bonds. The van der Waals surface area contributed by atoms with Gasteiger partial charge in [0, 0.05) is 39.4 Å². The van der Waals surface area contributed by atoms with Gasteiger partial charge in [0.2, 0.25) is 0 Å². The fourth-order valence-electron chi connectivity index (χ4n) is 3.48. The van der Waals surface area contributed by atoms with Crippen molar-refractivity contribution in [2.75, 3.05) is 38.7 Å². The van der Waals surface area contributed by atoms with Crippen LogP contribution in [0.3, 0.4) is 0 Å². The van der Waals surface area contributed by atoms with Gasteiger partial charge in [-0.2, -0.15) is 0 Å². The molecule has 2 aromatic carbocycles. The molecule has 27 heavy (non-hydrogen) atoms. The molecule has 0 unspecified atom stereocenters. The molecule has 0 bridgehead atoms. The third kappa shape index (κ3) is 4.77. The smallest absolute Gasteiger partial charge is 0.335 e. The van der Waals surface area contributed by atoms with E-state index in [9.17, 15) is 4.79 Å². The van der Waals surface area contributed by atoms with Gasteiger partial charge >= 0.3 is 5.97 Å². The molecule has 0 aromatic heterocycles. The number of benzene rings is 2. The SMILES string of the molecule is CCOC(=O)C1=C(c2ccc(N(C)C)cc2)CCN(Cc2ccccc2)C1. The Balaban J connectivity index is 1.86. The van der Waals surface area contributed by atoms with E-state index in [-0.39, 0.29) is 5.97 Å². The topological polar surface area (TPSA) is 32.8 Å². The first-order chi connectivity index (χ1) is 13.1. The third-order valence-corrected chi connectivity index (χ3v) is 4.93. The van der Waals surface area contributed by atoms with Crippen molar-refractivity contribution in [1.29, 1.82) is 0 Å². The highest BCUT2D eigenvalue weighted by Gasteiger charge is 2.25.